The third kappa shape index (κ3) is 6.45. The van der Waals surface area contributed by atoms with Crippen molar-refractivity contribution in [3.8, 4) is 0 Å². The number of hydrogen-bond donors (Lipinski definition) is 1. The summed E-state index contributed by atoms with van der Waals surface area (Å²) in [4.78, 5) is 12.3. The SMILES string of the molecule is Cc1cccc(C)c1NC(=O)CCN(CCc1ccc(F)cc1)S(C)(=O)=O. The van der Waals surface area contributed by atoms with E-state index in [4.69, 9.17) is 0 Å². The van der Waals surface area contributed by atoms with Crippen molar-refractivity contribution in [3.63, 3.8) is 0 Å². The number of rotatable bonds is 8. The van der Waals surface area contributed by atoms with Crippen LogP contribution in [0.5, 0.6) is 0 Å². The van der Waals surface area contributed by atoms with Gasteiger partial charge in [-0.25, -0.2) is 17.1 Å². The lowest BCUT2D eigenvalue weighted by Crippen LogP contribution is -2.34. The van der Waals surface area contributed by atoms with Crippen molar-refractivity contribution in [2.75, 3.05) is 24.7 Å². The number of nitrogens with zero attached hydrogens (tertiary/aromatic N) is 1. The molecule has 0 aliphatic carbocycles. The van der Waals surface area contributed by atoms with Gasteiger partial charge in [0.1, 0.15) is 5.82 Å². The van der Waals surface area contributed by atoms with Gasteiger partial charge < -0.3 is 5.32 Å². The number of anilines is 1. The predicted molar refractivity (Wildman–Crippen MR) is 106 cm³/mol. The Morgan fingerprint density at radius 3 is 2.19 bits per heavy atom. The molecule has 0 aliphatic heterocycles. The fourth-order valence-corrected chi connectivity index (χ4v) is 3.63. The van der Waals surface area contributed by atoms with Gasteiger partial charge in [0.15, 0.2) is 0 Å². The maximum atomic E-state index is 13.0. The molecule has 0 spiro atoms. The van der Waals surface area contributed by atoms with E-state index in [-0.39, 0.29) is 31.2 Å². The van der Waals surface area contributed by atoms with Crippen LogP contribution in [0.25, 0.3) is 0 Å². The van der Waals surface area contributed by atoms with Gasteiger partial charge in [0.05, 0.1) is 6.26 Å². The molecule has 2 aromatic rings. The second kappa shape index (κ2) is 9.10. The summed E-state index contributed by atoms with van der Waals surface area (Å²) in [5.41, 5.74) is 3.52. The van der Waals surface area contributed by atoms with Gasteiger partial charge in [-0.3, -0.25) is 4.79 Å². The van der Waals surface area contributed by atoms with Crippen LogP contribution in [0.4, 0.5) is 10.1 Å². The normalized spacial score (nSPS) is 11.6. The van der Waals surface area contributed by atoms with Crippen LogP contribution in [0, 0.1) is 19.7 Å². The number of hydrogen-bond acceptors (Lipinski definition) is 3. The van der Waals surface area contributed by atoms with Crippen LogP contribution in [-0.2, 0) is 21.2 Å². The van der Waals surface area contributed by atoms with Gasteiger partial charge in [-0.05, 0) is 49.1 Å². The fourth-order valence-electron chi connectivity index (χ4n) is 2.79. The Labute approximate surface area is 160 Å². The van der Waals surface area contributed by atoms with Crippen LogP contribution in [0.15, 0.2) is 42.5 Å². The summed E-state index contributed by atoms with van der Waals surface area (Å²) in [5.74, 6) is -0.565. The van der Waals surface area contributed by atoms with E-state index in [0.29, 0.717) is 6.42 Å². The molecule has 0 unspecified atom stereocenters. The summed E-state index contributed by atoms with van der Waals surface area (Å²) < 4.78 is 38.3. The summed E-state index contributed by atoms with van der Waals surface area (Å²) in [6, 6.07) is 11.7. The number of benzene rings is 2. The average molecular weight is 392 g/mol. The summed E-state index contributed by atoms with van der Waals surface area (Å²) in [6.45, 7) is 4.15. The lowest BCUT2D eigenvalue weighted by atomic mass is 10.1. The number of nitrogens with one attached hydrogen (secondary N) is 1. The van der Waals surface area contributed by atoms with Gasteiger partial charge in [0.2, 0.25) is 15.9 Å². The topological polar surface area (TPSA) is 66.5 Å². The van der Waals surface area contributed by atoms with Gasteiger partial charge in [0.25, 0.3) is 0 Å². The molecule has 0 heterocycles. The first-order valence-electron chi connectivity index (χ1n) is 8.72. The Balaban J connectivity index is 1.96. The highest BCUT2D eigenvalue weighted by Gasteiger charge is 2.18. The van der Waals surface area contributed by atoms with Crippen molar-refractivity contribution in [1.29, 1.82) is 0 Å². The van der Waals surface area contributed by atoms with Gasteiger partial charge in [-0.2, -0.15) is 0 Å². The van der Waals surface area contributed by atoms with Crippen LogP contribution >= 0.6 is 0 Å². The van der Waals surface area contributed by atoms with Gasteiger partial charge in [0, 0.05) is 25.2 Å². The second-order valence-corrected chi connectivity index (χ2v) is 8.59. The highest BCUT2D eigenvalue weighted by molar-refractivity contribution is 7.88. The largest absolute Gasteiger partial charge is 0.326 e. The Morgan fingerprint density at radius 1 is 1.04 bits per heavy atom. The lowest BCUT2D eigenvalue weighted by molar-refractivity contribution is -0.116. The first-order valence-corrected chi connectivity index (χ1v) is 10.6. The minimum absolute atomic E-state index is 0.0598. The van der Waals surface area contributed by atoms with Crippen molar-refractivity contribution < 1.29 is 17.6 Å². The van der Waals surface area contributed by atoms with Crippen molar-refractivity contribution in [2.24, 2.45) is 0 Å². The monoisotopic (exact) mass is 392 g/mol. The maximum absolute atomic E-state index is 13.0. The van der Waals surface area contributed by atoms with Crippen molar-refractivity contribution in [1.82, 2.24) is 4.31 Å². The maximum Gasteiger partial charge on any atom is 0.225 e. The van der Waals surface area contributed by atoms with Crippen molar-refractivity contribution >= 4 is 21.6 Å². The van der Waals surface area contributed by atoms with E-state index >= 15 is 0 Å². The molecule has 0 radical (unpaired) electrons. The van der Waals surface area contributed by atoms with Crippen LogP contribution in [0.1, 0.15) is 23.1 Å². The fraction of sp³-hybridized carbons (Fsp3) is 0.350. The van der Waals surface area contributed by atoms with E-state index in [0.717, 1.165) is 28.6 Å². The molecule has 1 N–H and O–H groups in total. The number of sulfonamides is 1. The summed E-state index contributed by atoms with van der Waals surface area (Å²) in [6.07, 6.45) is 1.64. The molecule has 0 bridgehead atoms. The van der Waals surface area contributed by atoms with Crippen LogP contribution in [0.3, 0.4) is 0 Å². The molecule has 27 heavy (non-hydrogen) atoms. The van der Waals surface area contributed by atoms with Crippen LogP contribution in [0.2, 0.25) is 0 Å². The van der Waals surface area contributed by atoms with E-state index in [1.165, 1.54) is 16.4 Å². The minimum Gasteiger partial charge on any atom is -0.326 e. The van der Waals surface area contributed by atoms with E-state index < -0.39 is 10.0 Å². The van der Waals surface area contributed by atoms with Gasteiger partial charge in [-0.1, -0.05) is 30.3 Å². The van der Waals surface area contributed by atoms with Crippen molar-refractivity contribution in [2.45, 2.75) is 26.7 Å². The Kier molecular flexibility index (Phi) is 7.10. The molecule has 2 aromatic carbocycles. The molecule has 0 saturated carbocycles. The Bertz CT molecular complexity index is 876. The summed E-state index contributed by atoms with van der Waals surface area (Å²) >= 11 is 0. The summed E-state index contributed by atoms with van der Waals surface area (Å²) in [7, 11) is -3.45. The molecule has 5 nitrogen and oxygen atoms in total. The third-order valence-electron chi connectivity index (χ3n) is 4.37. The van der Waals surface area contributed by atoms with Gasteiger partial charge in [-0.15, -0.1) is 0 Å². The lowest BCUT2D eigenvalue weighted by Gasteiger charge is -2.20. The van der Waals surface area contributed by atoms with E-state index in [1.54, 1.807) is 12.1 Å². The quantitative estimate of drug-likeness (QED) is 0.750. The standard InChI is InChI=1S/C20H25FN2O3S/c1-15-5-4-6-16(2)20(15)22-19(24)12-14-23(27(3,25)26)13-11-17-7-9-18(21)10-8-17/h4-10H,11-14H2,1-3H3,(H,22,24). The molecule has 0 saturated heterocycles. The zero-order valence-electron chi connectivity index (χ0n) is 15.8. The highest BCUT2D eigenvalue weighted by atomic mass is 32.2. The van der Waals surface area contributed by atoms with Crippen molar-refractivity contribution in [3.05, 3.63) is 65.0 Å². The van der Waals surface area contributed by atoms with E-state index in [1.807, 2.05) is 32.0 Å². The zero-order chi connectivity index (χ0) is 20.0. The molecule has 0 fully saturated rings. The zero-order valence-corrected chi connectivity index (χ0v) is 16.6. The number of para-hydroxylation sites is 1. The molecule has 0 aliphatic rings. The number of carbonyl (C=O) groups is 1. The number of carbonyl (C=O) groups excluding carboxylic acids is 1. The molecular weight excluding hydrogens is 367 g/mol. The minimum atomic E-state index is -3.45. The average Bonchev–Trinajstić information content (AvgIpc) is 2.58. The Hall–Kier alpha value is -2.25. The Morgan fingerprint density at radius 2 is 1.63 bits per heavy atom. The molecule has 0 atom stereocenters. The first kappa shape index (κ1) is 21.1. The molecular formula is C20H25FN2O3S. The molecule has 7 heteroatoms. The molecule has 2 rings (SSSR count). The molecule has 146 valence electrons. The second-order valence-electron chi connectivity index (χ2n) is 6.60. The number of amides is 1. The van der Waals surface area contributed by atoms with E-state index in [2.05, 4.69) is 5.32 Å². The summed E-state index contributed by atoms with van der Waals surface area (Å²) in [5, 5.41) is 2.86. The number of halogens is 1. The molecule has 1 amide bonds. The number of aryl methyl sites for hydroxylation is 2. The smallest absolute Gasteiger partial charge is 0.225 e. The van der Waals surface area contributed by atoms with Crippen LogP contribution < -0.4 is 5.32 Å². The van der Waals surface area contributed by atoms with E-state index in [9.17, 15) is 17.6 Å². The first-order chi connectivity index (χ1) is 12.7. The predicted octanol–water partition coefficient (Wildman–Crippen LogP) is 3.28. The van der Waals surface area contributed by atoms with Gasteiger partial charge >= 0.3 is 0 Å². The third-order valence-corrected chi connectivity index (χ3v) is 5.67. The molecule has 0 aromatic heterocycles. The highest BCUT2D eigenvalue weighted by Crippen LogP contribution is 2.19. The van der Waals surface area contributed by atoms with Crippen LogP contribution in [-0.4, -0.2) is 38.0 Å².